The first-order valence-electron chi connectivity index (χ1n) is 10.8. The van der Waals surface area contributed by atoms with Gasteiger partial charge < -0.3 is 5.32 Å². The van der Waals surface area contributed by atoms with E-state index < -0.39 is 0 Å². The zero-order valence-corrected chi connectivity index (χ0v) is 22.2. The lowest BCUT2D eigenvalue weighted by atomic mass is 10.2. The van der Waals surface area contributed by atoms with E-state index in [0.29, 0.717) is 38.2 Å². The highest BCUT2D eigenvalue weighted by molar-refractivity contribution is 7.99. The van der Waals surface area contributed by atoms with Crippen LogP contribution in [0.5, 0.6) is 0 Å². The predicted molar refractivity (Wildman–Crippen MR) is 148 cm³/mol. The Hall–Kier alpha value is -3.04. The highest BCUT2D eigenvalue weighted by Gasteiger charge is 2.16. The van der Waals surface area contributed by atoms with Gasteiger partial charge in [0.05, 0.1) is 23.5 Å². The summed E-state index contributed by atoms with van der Waals surface area (Å²) in [5.74, 6) is 0.509. The van der Waals surface area contributed by atoms with Gasteiger partial charge in [0.1, 0.15) is 0 Å². The van der Waals surface area contributed by atoms with Gasteiger partial charge in [-0.25, -0.2) is 5.43 Å². The van der Waals surface area contributed by atoms with Gasteiger partial charge in [-0.3, -0.25) is 9.36 Å². The Morgan fingerprint density at radius 2 is 1.78 bits per heavy atom. The largest absolute Gasteiger partial charge is 0.378 e. The Balaban J connectivity index is 1.44. The van der Waals surface area contributed by atoms with E-state index in [1.54, 1.807) is 18.2 Å². The number of amides is 1. The highest BCUT2D eigenvalue weighted by atomic mass is 35.5. The van der Waals surface area contributed by atoms with E-state index in [2.05, 4.69) is 26.0 Å². The lowest BCUT2D eigenvalue weighted by Crippen LogP contribution is -2.20. The molecule has 36 heavy (non-hydrogen) atoms. The van der Waals surface area contributed by atoms with Crippen LogP contribution < -0.4 is 10.7 Å². The van der Waals surface area contributed by atoms with Crippen LogP contribution in [0.2, 0.25) is 15.1 Å². The topological polar surface area (TPSA) is 84.2 Å². The normalized spacial score (nSPS) is 11.1. The van der Waals surface area contributed by atoms with Crippen LogP contribution in [-0.2, 0) is 11.3 Å². The van der Waals surface area contributed by atoms with Crippen molar-refractivity contribution in [3.05, 3.63) is 98.7 Å². The molecule has 0 saturated carbocycles. The zero-order chi connectivity index (χ0) is 25.5. The first-order chi connectivity index (χ1) is 17.4. The van der Waals surface area contributed by atoms with Crippen LogP contribution >= 0.6 is 46.6 Å². The second-order valence-corrected chi connectivity index (χ2v) is 9.85. The Kier molecular flexibility index (Phi) is 8.88. The fraction of sp³-hybridized carbons (Fsp3) is 0.120. The van der Waals surface area contributed by atoms with Crippen molar-refractivity contribution >= 4 is 64.4 Å². The molecule has 0 aliphatic rings. The molecular formula is C25H21Cl3N6OS. The van der Waals surface area contributed by atoms with Crippen LogP contribution in [0.25, 0.3) is 5.69 Å². The fourth-order valence-corrected chi connectivity index (χ4v) is 4.73. The lowest BCUT2D eigenvalue weighted by molar-refractivity contribution is -0.118. The molecule has 0 radical (unpaired) electrons. The van der Waals surface area contributed by atoms with Gasteiger partial charge in [-0.2, -0.15) is 5.10 Å². The second kappa shape index (κ2) is 12.3. The summed E-state index contributed by atoms with van der Waals surface area (Å²) in [5, 5.41) is 18.3. The molecule has 7 nitrogen and oxygen atoms in total. The van der Waals surface area contributed by atoms with Gasteiger partial charge in [-0.15, -0.1) is 10.2 Å². The molecule has 0 spiro atoms. The van der Waals surface area contributed by atoms with E-state index in [-0.39, 0.29) is 11.7 Å². The number of hydrazone groups is 1. The standard InChI is InChI=1S/C25H21Cl3N6OS/c1-16-11-18(26)9-10-22(16)29-14-23-31-33-25(34(23)20-5-3-2-4-6-20)36-15-24(35)32-30-13-17-7-8-19(27)12-21(17)28/h2-13,29H,14-15H2,1H3,(H,32,35). The summed E-state index contributed by atoms with van der Waals surface area (Å²) < 4.78 is 1.92. The molecule has 1 aromatic heterocycles. The van der Waals surface area contributed by atoms with Crippen molar-refractivity contribution in [1.82, 2.24) is 20.2 Å². The van der Waals surface area contributed by atoms with E-state index in [0.717, 1.165) is 16.9 Å². The minimum Gasteiger partial charge on any atom is -0.378 e. The molecule has 4 rings (SSSR count). The number of benzene rings is 3. The summed E-state index contributed by atoms with van der Waals surface area (Å²) in [6.45, 7) is 2.42. The van der Waals surface area contributed by atoms with Crippen LogP contribution in [0.1, 0.15) is 17.0 Å². The van der Waals surface area contributed by atoms with Crippen LogP contribution in [0.15, 0.2) is 77.0 Å². The third kappa shape index (κ3) is 6.79. The fourth-order valence-electron chi connectivity index (χ4n) is 3.29. The van der Waals surface area contributed by atoms with Crippen molar-refractivity contribution in [2.45, 2.75) is 18.6 Å². The van der Waals surface area contributed by atoms with Crippen molar-refractivity contribution in [3.63, 3.8) is 0 Å². The number of halogens is 3. The molecule has 1 heterocycles. The SMILES string of the molecule is Cc1cc(Cl)ccc1NCc1nnc(SCC(=O)NN=Cc2ccc(Cl)cc2Cl)n1-c1ccccc1. The minimum absolute atomic E-state index is 0.0976. The highest BCUT2D eigenvalue weighted by Crippen LogP contribution is 2.24. The first-order valence-corrected chi connectivity index (χ1v) is 12.9. The van der Waals surface area contributed by atoms with Gasteiger partial charge in [0.2, 0.25) is 0 Å². The molecule has 4 aromatic rings. The zero-order valence-electron chi connectivity index (χ0n) is 19.1. The number of rotatable bonds is 9. The summed E-state index contributed by atoms with van der Waals surface area (Å²) in [6, 6.07) is 20.4. The Morgan fingerprint density at radius 1 is 1.03 bits per heavy atom. The molecule has 0 aliphatic carbocycles. The quantitative estimate of drug-likeness (QED) is 0.141. The Bertz CT molecular complexity index is 1390. The summed E-state index contributed by atoms with van der Waals surface area (Å²) in [6.07, 6.45) is 1.47. The Labute approximate surface area is 227 Å². The smallest absolute Gasteiger partial charge is 0.250 e. The van der Waals surface area contributed by atoms with E-state index in [9.17, 15) is 4.79 Å². The maximum atomic E-state index is 12.4. The Morgan fingerprint density at radius 3 is 2.53 bits per heavy atom. The molecule has 0 fully saturated rings. The molecule has 0 unspecified atom stereocenters. The van der Waals surface area contributed by atoms with Gasteiger partial charge in [-0.1, -0.05) is 70.8 Å². The number of anilines is 1. The van der Waals surface area contributed by atoms with Gasteiger partial charge in [0.25, 0.3) is 5.91 Å². The number of aromatic nitrogens is 3. The summed E-state index contributed by atoms with van der Waals surface area (Å²) >= 11 is 19.4. The van der Waals surface area contributed by atoms with E-state index in [4.69, 9.17) is 34.8 Å². The van der Waals surface area contributed by atoms with Crippen molar-refractivity contribution in [3.8, 4) is 5.69 Å². The van der Waals surface area contributed by atoms with Crippen LogP contribution in [0, 0.1) is 6.92 Å². The summed E-state index contributed by atoms with van der Waals surface area (Å²) in [7, 11) is 0. The van der Waals surface area contributed by atoms with E-state index in [1.165, 1.54) is 18.0 Å². The molecule has 11 heteroatoms. The maximum absolute atomic E-state index is 12.4. The average Bonchev–Trinajstić information content (AvgIpc) is 3.27. The number of nitrogens with one attached hydrogen (secondary N) is 2. The van der Waals surface area contributed by atoms with Crippen LogP contribution in [-0.4, -0.2) is 32.6 Å². The van der Waals surface area contributed by atoms with E-state index in [1.807, 2.05) is 60.0 Å². The monoisotopic (exact) mass is 558 g/mol. The predicted octanol–water partition coefficient (Wildman–Crippen LogP) is 6.39. The van der Waals surface area contributed by atoms with Gasteiger partial charge in [0.15, 0.2) is 11.0 Å². The minimum atomic E-state index is -0.291. The van der Waals surface area contributed by atoms with Crippen molar-refractivity contribution in [1.29, 1.82) is 0 Å². The number of thioether (sulfide) groups is 1. The number of aryl methyl sites for hydroxylation is 1. The maximum Gasteiger partial charge on any atom is 0.250 e. The van der Waals surface area contributed by atoms with Crippen LogP contribution in [0.3, 0.4) is 0 Å². The third-order valence-electron chi connectivity index (χ3n) is 5.03. The number of hydrogen-bond acceptors (Lipinski definition) is 6. The van der Waals surface area contributed by atoms with E-state index >= 15 is 0 Å². The molecule has 2 N–H and O–H groups in total. The molecule has 1 amide bonds. The molecular weight excluding hydrogens is 539 g/mol. The molecule has 0 bridgehead atoms. The number of carbonyl (C=O) groups is 1. The van der Waals surface area contributed by atoms with Gasteiger partial charge in [0, 0.05) is 27.0 Å². The molecule has 0 saturated heterocycles. The van der Waals surface area contributed by atoms with Gasteiger partial charge in [-0.05, 0) is 55.0 Å². The number of carbonyl (C=O) groups excluding carboxylic acids is 1. The molecule has 3 aromatic carbocycles. The summed E-state index contributed by atoms with van der Waals surface area (Å²) in [5.41, 5.74) is 6.02. The van der Waals surface area contributed by atoms with Crippen molar-refractivity contribution in [2.75, 3.05) is 11.1 Å². The molecule has 0 aliphatic heterocycles. The third-order valence-corrected chi connectivity index (χ3v) is 6.75. The van der Waals surface area contributed by atoms with Crippen molar-refractivity contribution in [2.24, 2.45) is 5.10 Å². The van der Waals surface area contributed by atoms with Crippen LogP contribution in [0.4, 0.5) is 5.69 Å². The number of para-hydroxylation sites is 1. The lowest BCUT2D eigenvalue weighted by Gasteiger charge is -2.12. The van der Waals surface area contributed by atoms with Crippen molar-refractivity contribution < 1.29 is 4.79 Å². The average molecular weight is 560 g/mol. The molecule has 184 valence electrons. The molecule has 0 atom stereocenters. The van der Waals surface area contributed by atoms with Gasteiger partial charge >= 0.3 is 0 Å². The summed E-state index contributed by atoms with van der Waals surface area (Å²) in [4.78, 5) is 12.4. The number of hydrogen-bond donors (Lipinski definition) is 2. The number of nitrogens with zero attached hydrogens (tertiary/aromatic N) is 4. The second-order valence-electron chi connectivity index (χ2n) is 7.63. The first kappa shape index (κ1) is 26.0.